The van der Waals surface area contributed by atoms with Crippen LogP contribution in [0.15, 0.2) is 42.2 Å². The van der Waals surface area contributed by atoms with E-state index in [-0.39, 0.29) is 0 Å². The van der Waals surface area contributed by atoms with Gasteiger partial charge in [0.25, 0.3) is 0 Å². The molecule has 15 heavy (non-hydrogen) atoms. The first kappa shape index (κ1) is 11.8. The zero-order valence-electron chi connectivity index (χ0n) is 9.40. The Kier molecular flexibility index (Phi) is 5.56. The molecular formula is C13H18O2. The summed E-state index contributed by atoms with van der Waals surface area (Å²) in [7, 11) is 0. The third kappa shape index (κ3) is 5.23. The molecule has 2 nitrogen and oxygen atoms in total. The van der Waals surface area contributed by atoms with Crippen LogP contribution in [-0.4, -0.2) is 13.2 Å². The van der Waals surface area contributed by atoms with Gasteiger partial charge in [-0.1, -0.05) is 36.4 Å². The number of rotatable bonds is 6. The predicted octanol–water partition coefficient (Wildman–Crippen LogP) is 3.14. The van der Waals surface area contributed by atoms with Gasteiger partial charge in [0.15, 0.2) is 0 Å². The highest BCUT2D eigenvalue weighted by molar-refractivity contribution is 5.13. The van der Waals surface area contributed by atoms with Crippen LogP contribution in [0.2, 0.25) is 0 Å². The first-order chi connectivity index (χ1) is 7.33. The molecule has 1 aromatic carbocycles. The molecule has 0 atom stereocenters. The van der Waals surface area contributed by atoms with Crippen LogP contribution in [0.4, 0.5) is 0 Å². The van der Waals surface area contributed by atoms with E-state index in [0.717, 1.165) is 5.76 Å². The van der Waals surface area contributed by atoms with Gasteiger partial charge in [-0.25, -0.2) is 0 Å². The number of hydrogen-bond donors (Lipinski definition) is 0. The minimum Gasteiger partial charge on any atom is -0.496 e. The lowest BCUT2D eigenvalue weighted by molar-refractivity contribution is 0.0667. The molecule has 1 rings (SSSR count). The molecule has 0 bridgehead atoms. The van der Waals surface area contributed by atoms with Gasteiger partial charge in [0.1, 0.15) is 6.61 Å². The van der Waals surface area contributed by atoms with Crippen molar-refractivity contribution in [1.29, 1.82) is 0 Å². The average Bonchev–Trinajstić information content (AvgIpc) is 2.29. The molecule has 0 aliphatic heterocycles. The quantitative estimate of drug-likeness (QED) is 0.526. The number of benzene rings is 1. The summed E-state index contributed by atoms with van der Waals surface area (Å²) in [4.78, 5) is 0. The zero-order chi connectivity index (χ0) is 10.9. The molecule has 0 fully saturated rings. The molecule has 0 aliphatic carbocycles. The topological polar surface area (TPSA) is 18.5 Å². The minimum atomic E-state index is 0.614. The fourth-order valence-corrected chi connectivity index (χ4v) is 1.11. The molecule has 0 spiro atoms. The highest BCUT2D eigenvalue weighted by Crippen LogP contribution is 2.00. The van der Waals surface area contributed by atoms with Gasteiger partial charge >= 0.3 is 0 Å². The molecule has 0 amide bonds. The van der Waals surface area contributed by atoms with Crippen LogP contribution in [0.3, 0.4) is 0 Å². The first-order valence-corrected chi connectivity index (χ1v) is 5.20. The Labute approximate surface area is 91.5 Å². The molecule has 82 valence electrons. The lowest BCUT2D eigenvalue weighted by Gasteiger charge is -2.06. The maximum atomic E-state index is 5.46. The van der Waals surface area contributed by atoms with Crippen molar-refractivity contribution in [2.24, 2.45) is 0 Å². The Morgan fingerprint density at radius 2 is 1.93 bits per heavy atom. The van der Waals surface area contributed by atoms with Crippen molar-refractivity contribution in [3.05, 3.63) is 47.7 Å². The third-order valence-corrected chi connectivity index (χ3v) is 2.08. The summed E-state index contributed by atoms with van der Waals surface area (Å²) in [5, 5.41) is 0. The molecule has 0 aliphatic rings. The summed E-state index contributed by atoms with van der Waals surface area (Å²) in [6, 6.07) is 10.1. The molecule has 0 unspecified atom stereocenters. The van der Waals surface area contributed by atoms with Gasteiger partial charge in [0.2, 0.25) is 0 Å². The van der Waals surface area contributed by atoms with Crippen LogP contribution in [-0.2, 0) is 16.1 Å². The van der Waals surface area contributed by atoms with Gasteiger partial charge in [-0.3, -0.25) is 0 Å². The summed E-state index contributed by atoms with van der Waals surface area (Å²) in [6.45, 7) is 5.79. The lowest BCUT2D eigenvalue weighted by atomic mass is 10.2. The van der Waals surface area contributed by atoms with Crippen LogP contribution in [0, 0.1) is 0 Å². The monoisotopic (exact) mass is 206 g/mol. The maximum absolute atomic E-state index is 5.46. The first-order valence-electron chi connectivity index (χ1n) is 5.20. The van der Waals surface area contributed by atoms with E-state index in [1.54, 1.807) is 0 Å². The molecule has 1 aromatic rings. The van der Waals surface area contributed by atoms with E-state index >= 15 is 0 Å². The van der Waals surface area contributed by atoms with Crippen molar-refractivity contribution in [3.8, 4) is 0 Å². The summed E-state index contributed by atoms with van der Waals surface area (Å²) in [5.74, 6) is 0.943. The van der Waals surface area contributed by atoms with Gasteiger partial charge in [-0.15, -0.1) is 0 Å². The van der Waals surface area contributed by atoms with Crippen LogP contribution in [0.1, 0.15) is 19.4 Å². The molecule has 0 aromatic heterocycles. The highest BCUT2D eigenvalue weighted by Gasteiger charge is 1.92. The van der Waals surface area contributed by atoms with E-state index < -0.39 is 0 Å². The summed E-state index contributed by atoms with van der Waals surface area (Å²) in [5.41, 5.74) is 1.19. The molecule has 2 heteroatoms. The van der Waals surface area contributed by atoms with Gasteiger partial charge in [-0.2, -0.15) is 0 Å². The van der Waals surface area contributed by atoms with Crippen LogP contribution in [0.25, 0.3) is 0 Å². The largest absolute Gasteiger partial charge is 0.496 e. The normalized spacial score (nSPS) is 11.5. The van der Waals surface area contributed by atoms with Crippen molar-refractivity contribution in [1.82, 2.24) is 0 Å². The summed E-state index contributed by atoms with van der Waals surface area (Å²) in [6.07, 6.45) is 1.94. The molecule has 0 saturated heterocycles. The van der Waals surface area contributed by atoms with E-state index in [2.05, 4.69) is 12.1 Å². The molecular weight excluding hydrogens is 188 g/mol. The zero-order valence-corrected chi connectivity index (χ0v) is 9.40. The fraction of sp³-hybridized carbons (Fsp3) is 0.385. The minimum absolute atomic E-state index is 0.614. The van der Waals surface area contributed by atoms with Gasteiger partial charge in [0.05, 0.1) is 19.0 Å². The van der Waals surface area contributed by atoms with E-state index in [1.165, 1.54) is 5.56 Å². The van der Waals surface area contributed by atoms with E-state index in [9.17, 15) is 0 Å². The number of hydrogen-bond acceptors (Lipinski definition) is 2. The fourth-order valence-electron chi connectivity index (χ4n) is 1.11. The second-order valence-corrected chi connectivity index (χ2v) is 3.29. The highest BCUT2D eigenvalue weighted by atomic mass is 16.5. The Morgan fingerprint density at radius 1 is 1.20 bits per heavy atom. The van der Waals surface area contributed by atoms with Crippen molar-refractivity contribution in [2.45, 2.75) is 20.5 Å². The van der Waals surface area contributed by atoms with Crippen LogP contribution >= 0.6 is 0 Å². The summed E-state index contributed by atoms with van der Waals surface area (Å²) < 4.78 is 10.8. The smallest absolute Gasteiger partial charge is 0.111 e. The molecule has 0 radical (unpaired) electrons. The van der Waals surface area contributed by atoms with E-state index in [4.69, 9.17) is 9.47 Å². The molecule has 0 N–H and O–H groups in total. The Hall–Kier alpha value is -1.28. The SMILES string of the molecule is C/C=C(\C)OCCOCc1ccccc1. The average molecular weight is 206 g/mol. The standard InChI is InChI=1S/C13H18O2/c1-3-12(2)15-10-9-14-11-13-7-5-4-6-8-13/h3-8H,9-11H2,1-2H3/b12-3+. The molecule has 0 saturated carbocycles. The third-order valence-electron chi connectivity index (χ3n) is 2.08. The van der Waals surface area contributed by atoms with Gasteiger partial charge in [-0.05, 0) is 19.4 Å². The van der Waals surface area contributed by atoms with Gasteiger partial charge in [0, 0.05) is 0 Å². The van der Waals surface area contributed by atoms with E-state index in [0.29, 0.717) is 19.8 Å². The van der Waals surface area contributed by atoms with Crippen molar-refractivity contribution < 1.29 is 9.47 Å². The number of allylic oxidation sites excluding steroid dienone is 2. The van der Waals surface area contributed by atoms with Gasteiger partial charge < -0.3 is 9.47 Å². The van der Waals surface area contributed by atoms with E-state index in [1.807, 2.05) is 38.1 Å². The molecule has 0 heterocycles. The Bertz CT molecular complexity index is 291. The van der Waals surface area contributed by atoms with Crippen molar-refractivity contribution >= 4 is 0 Å². The Morgan fingerprint density at radius 3 is 2.60 bits per heavy atom. The lowest BCUT2D eigenvalue weighted by Crippen LogP contribution is -2.03. The maximum Gasteiger partial charge on any atom is 0.111 e. The van der Waals surface area contributed by atoms with Crippen LogP contribution < -0.4 is 0 Å². The summed E-state index contributed by atoms with van der Waals surface area (Å²) >= 11 is 0. The predicted molar refractivity (Wildman–Crippen MR) is 61.5 cm³/mol. The van der Waals surface area contributed by atoms with Crippen molar-refractivity contribution in [3.63, 3.8) is 0 Å². The van der Waals surface area contributed by atoms with Crippen LogP contribution in [0.5, 0.6) is 0 Å². The Balaban J connectivity index is 2.08. The second kappa shape index (κ2) is 7.07. The van der Waals surface area contributed by atoms with Crippen molar-refractivity contribution in [2.75, 3.05) is 13.2 Å². The number of ether oxygens (including phenoxy) is 2. The second-order valence-electron chi connectivity index (χ2n) is 3.29.